The molecule has 0 saturated carbocycles. The van der Waals surface area contributed by atoms with Crippen molar-refractivity contribution < 1.29 is 22.3 Å². The Morgan fingerprint density at radius 1 is 1.13 bits per heavy atom. The highest BCUT2D eigenvalue weighted by molar-refractivity contribution is 8.15. The highest BCUT2D eigenvalue weighted by Gasteiger charge is 2.48. The largest absolute Gasteiger partial charge is 0.497 e. The molecule has 0 aromatic heterocycles. The van der Waals surface area contributed by atoms with E-state index < -0.39 is 9.84 Å². The molecule has 2 heterocycles. The van der Waals surface area contributed by atoms with Gasteiger partial charge in [0.25, 0.3) is 5.91 Å². The van der Waals surface area contributed by atoms with Crippen LogP contribution in [0.4, 0.5) is 4.39 Å². The predicted octanol–water partition coefficient (Wildman–Crippen LogP) is 2.72. The molecule has 1 amide bonds. The summed E-state index contributed by atoms with van der Waals surface area (Å²) in [5, 5.41) is 0.455. The minimum absolute atomic E-state index is 0.0692. The van der Waals surface area contributed by atoms with Gasteiger partial charge in [0, 0.05) is 11.8 Å². The Kier molecular flexibility index (Phi) is 6.34. The Balaban J connectivity index is 1.49. The number of fused-ring (bicyclic) bond motifs is 1. The fourth-order valence-electron chi connectivity index (χ4n) is 3.86. The lowest BCUT2D eigenvalue weighted by Gasteiger charge is -2.24. The molecule has 0 bridgehead atoms. The first-order chi connectivity index (χ1) is 14.8. The molecule has 2 aliphatic heterocycles. The SMILES string of the molecule is COc1ccc(CC(=O)N=C2S[C@H]3CS(=O)(=O)C[C@H]3N2CCc2ccc(F)cc2)cc1. The molecular weight excluding hydrogens is 439 g/mol. The average Bonchev–Trinajstić information content (AvgIpc) is 3.19. The molecule has 0 unspecified atom stereocenters. The van der Waals surface area contributed by atoms with Crippen LogP contribution in [0, 0.1) is 5.82 Å². The van der Waals surface area contributed by atoms with E-state index in [1.54, 1.807) is 31.4 Å². The maximum absolute atomic E-state index is 13.2. The van der Waals surface area contributed by atoms with Crippen LogP contribution >= 0.6 is 11.8 Å². The molecule has 164 valence electrons. The second-order valence-corrected chi connectivity index (χ2v) is 11.0. The van der Waals surface area contributed by atoms with Crippen LogP contribution in [-0.4, -0.2) is 60.8 Å². The van der Waals surface area contributed by atoms with Crippen molar-refractivity contribution >= 4 is 32.7 Å². The molecule has 2 saturated heterocycles. The van der Waals surface area contributed by atoms with Gasteiger partial charge in [-0.15, -0.1) is 0 Å². The molecule has 4 rings (SSSR count). The van der Waals surface area contributed by atoms with Crippen molar-refractivity contribution in [2.75, 3.05) is 25.2 Å². The van der Waals surface area contributed by atoms with Crippen LogP contribution < -0.4 is 4.74 Å². The number of sulfone groups is 1. The third-order valence-electron chi connectivity index (χ3n) is 5.46. The number of hydrogen-bond acceptors (Lipinski definition) is 5. The minimum Gasteiger partial charge on any atom is -0.497 e. The smallest absolute Gasteiger partial charge is 0.252 e. The van der Waals surface area contributed by atoms with Gasteiger partial charge in [-0.05, 0) is 41.8 Å². The second-order valence-electron chi connectivity index (χ2n) is 7.68. The van der Waals surface area contributed by atoms with E-state index >= 15 is 0 Å². The van der Waals surface area contributed by atoms with Crippen molar-refractivity contribution in [1.29, 1.82) is 0 Å². The number of hydrogen-bond donors (Lipinski definition) is 0. The summed E-state index contributed by atoms with van der Waals surface area (Å²) in [6.07, 6.45) is 0.767. The van der Waals surface area contributed by atoms with E-state index in [0.29, 0.717) is 18.1 Å². The summed E-state index contributed by atoms with van der Waals surface area (Å²) in [4.78, 5) is 18.9. The number of benzene rings is 2. The summed E-state index contributed by atoms with van der Waals surface area (Å²) >= 11 is 1.37. The molecule has 0 radical (unpaired) electrons. The monoisotopic (exact) mass is 462 g/mol. The van der Waals surface area contributed by atoms with E-state index in [2.05, 4.69) is 4.99 Å². The molecular formula is C22H23FN2O4S2. The summed E-state index contributed by atoms with van der Waals surface area (Å²) in [6, 6.07) is 13.3. The van der Waals surface area contributed by atoms with Gasteiger partial charge in [0.15, 0.2) is 15.0 Å². The molecule has 0 N–H and O–H groups in total. The van der Waals surface area contributed by atoms with Crippen molar-refractivity contribution in [2.24, 2.45) is 4.99 Å². The van der Waals surface area contributed by atoms with Crippen LogP contribution in [0.3, 0.4) is 0 Å². The van der Waals surface area contributed by atoms with Gasteiger partial charge in [-0.25, -0.2) is 12.8 Å². The van der Waals surface area contributed by atoms with Crippen LogP contribution in [0.2, 0.25) is 0 Å². The maximum atomic E-state index is 13.2. The highest BCUT2D eigenvalue weighted by atomic mass is 32.2. The molecule has 31 heavy (non-hydrogen) atoms. The van der Waals surface area contributed by atoms with E-state index in [9.17, 15) is 17.6 Å². The Labute approximate surface area is 185 Å². The minimum atomic E-state index is -3.10. The fourth-order valence-corrected chi connectivity index (χ4v) is 7.86. The standard InChI is InChI=1S/C22H23FN2O4S2/c1-29-18-8-4-16(5-9-18)12-21(26)24-22-25(11-10-15-2-6-17(23)7-3-15)19-13-31(27,28)14-20(19)30-22/h2-9,19-20H,10-14H2,1H3/t19-,20+/m1/s1. The van der Waals surface area contributed by atoms with Crippen LogP contribution in [0.15, 0.2) is 53.5 Å². The number of methoxy groups -OCH3 is 1. The number of carbonyl (C=O) groups is 1. The predicted molar refractivity (Wildman–Crippen MR) is 120 cm³/mol. The van der Waals surface area contributed by atoms with Gasteiger partial charge in [0.2, 0.25) is 0 Å². The van der Waals surface area contributed by atoms with Crippen molar-refractivity contribution in [3.05, 3.63) is 65.5 Å². The Hall–Kier alpha value is -2.39. The Morgan fingerprint density at radius 3 is 2.48 bits per heavy atom. The first kappa shape index (κ1) is 21.8. The number of thioether (sulfide) groups is 1. The molecule has 0 spiro atoms. The van der Waals surface area contributed by atoms with Crippen molar-refractivity contribution in [3.63, 3.8) is 0 Å². The van der Waals surface area contributed by atoms with E-state index in [1.807, 2.05) is 17.0 Å². The van der Waals surface area contributed by atoms with Crippen molar-refractivity contribution in [2.45, 2.75) is 24.1 Å². The molecule has 2 fully saturated rings. The first-order valence-electron chi connectivity index (χ1n) is 9.95. The summed E-state index contributed by atoms with van der Waals surface area (Å²) in [5.74, 6) is 0.312. The maximum Gasteiger partial charge on any atom is 0.252 e. The lowest BCUT2D eigenvalue weighted by atomic mass is 10.1. The summed E-state index contributed by atoms with van der Waals surface area (Å²) < 4.78 is 42.6. The van der Waals surface area contributed by atoms with E-state index in [-0.39, 0.29) is 40.9 Å². The molecule has 2 aromatic carbocycles. The van der Waals surface area contributed by atoms with Gasteiger partial charge in [0.1, 0.15) is 11.6 Å². The first-order valence-corrected chi connectivity index (χ1v) is 12.7. The number of rotatable bonds is 6. The van der Waals surface area contributed by atoms with E-state index in [1.165, 1.54) is 23.9 Å². The zero-order valence-corrected chi connectivity index (χ0v) is 18.7. The Morgan fingerprint density at radius 2 is 1.81 bits per heavy atom. The van der Waals surface area contributed by atoms with Gasteiger partial charge < -0.3 is 9.64 Å². The quantitative estimate of drug-likeness (QED) is 0.657. The molecule has 6 nitrogen and oxygen atoms in total. The summed E-state index contributed by atoms with van der Waals surface area (Å²) in [7, 11) is -1.51. The fraction of sp³-hybridized carbons (Fsp3) is 0.364. The third-order valence-corrected chi connectivity index (χ3v) is 8.71. The number of ether oxygens (including phenoxy) is 1. The number of halogens is 1. The third kappa shape index (κ3) is 5.27. The summed E-state index contributed by atoms with van der Waals surface area (Å²) in [5.41, 5.74) is 1.78. The van der Waals surface area contributed by atoms with Crippen molar-refractivity contribution in [3.8, 4) is 5.75 Å². The normalized spacial score (nSPS) is 23.2. The lowest BCUT2D eigenvalue weighted by molar-refractivity contribution is -0.117. The molecule has 2 aromatic rings. The average molecular weight is 463 g/mol. The van der Waals surface area contributed by atoms with Crippen LogP contribution in [0.5, 0.6) is 5.75 Å². The lowest BCUT2D eigenvalue weighted by Crippen LogP contribution is -2.39. The molecule has 2 aliphatic rings. The van der Waals surface area contributed by atoms with E-state index in [4.69, 9.17) is 4.74 Å². The number of amides is 1. The Bertz CT molecular complexity index is 1090. The van der Waals surface area contributed by atoms with Gasteiger partial charge >= 0.3 is 0 Å². The molecule has 9 heteroatoms. The van der Waals surface area contributed by atoms with Gasteiger partial charge in [-0.3, -0.25) is 4.79 Å². The highest BCUT2D eigenvalue weighted by Crippen LogP contribution is 2.38. The summed E-state index contributed by atoms with van der Waals surface area (Å²) in [6.45, 7) is 0.518. The van der Waals surface area contributed by atoms with Gasteiger partial charge in [-0.2, -0.15) is 4.99 Å². The van der Waals surface area contributed by atoms with Gasteiger partial charge in [-0.1, -0.05) is 36.0 Å². The zero-order chi connectivity index (χ0) is 22.0. The number of carbonyl (C=O) groups excluding carboxylic acids is 1. The van der Waals surface area contributed by atoms with Crippen LogP contribution in [-0.2, 0) is 27.5 Å². The van der Waals surface area contributed by atoms with Gasteiger partial charge in [0.05, 0.1) is 31.1 Å². The van der Waals surface area contributed by atoms with Crippen molar-refractivity contribution in [1.82, 2.24) is 4.90 Å². The molecule has 2 atom stereocenters. The zero-order valence-electron chi connectivity index (χ0n) is 17.0. The number of amidine groups is 1. The number of aliphatic imine (C=N–C) groups is 1. The topological polar surface area (TPSA) is 76.0 Å². The van der Waals surface area contributed by atoms with Crippen LogP contribution in [0.25, 0.3) is 0 Å². The second kappa shape index (κ2) is 9.00. The van der Waals surface area contributed by atoms with E-state index in [0.717, 1.165) is 16.9 Å². The van der Waals surface area contributed by atoms with Crippen LogP contribution in [0.1, 0.15) is 11.1 Å². The molecule has 0 aliphatic carbocycles. The number of nitrogens with zero attached hydrogens (tertiary/aromatic N) is 2.